The van der Waals surface area contributed by atoms with Crippen molar-refractivity contribution in [3.05, 3.63) is 45.0 Å². The molecule has 6 nitrogen and oxygen atoms in total. The number of hydrogen-bond donors (Lipinski definition) is 2. The molecule has 0 spiro atoms. The van der Waals surface area contributed by atoms with E-state index in [0.717, 1.165) is 6.42 Å². The molecule has 1 aromatic carbocycles. The van der Waals surface area contributed by atoms with Crippen molar-refractivity contribution in [2.45, 2.75) is 26.3 Å². The van der Waals surface area contributed by atoms with Crippen LogP contribution in [-0.4, -0.2) is 22.0 Å². The van der Waals surface area contributed by atoms with E-state index in [1.54, 1.807) is 24.3 Å². The number of hydrogen-bond acceptors (Lipinski definition) is 3. The molecule has 0 aliphatic rings. The van der Waals surface area contributed by atoms with Gasteiger partial charge in [0.15, 0.2) is 0 Å². The third-order valence-electron chi connectivity index (χ3n) is 3.02. The molecule has 6 heteroatoms. The minimum absolute atomic E-state index is 0.0466. The molecule has 0 aliphatic heterocycles. The molecule has 2 rings (SSSR count). The van der Waals surface area contributed by atoms with E-state index in [0.29, 0.717) is 24.0 Å². The number of fused-ring (bicyclic) bond motifs is 1. The van der Waals surface area contributed by atoms with Gasteiger partial charge in [0, 0.05) is 19.5 Å². The molecule has 0 unspecified atom stereocenters. The summed E-state index contributed by atoms with van der Waals surface area (Å²) in [7, 11) is 0. The highest BCUT2D eigenvalue weighted by Gasteiger charge is 2.07. The smallest absolute Gasteiger partial charge is 0.316 e. The second-order valence-electron chi connectivity index (χ2n) is 4.53. The van der Waals surface area contributed by atoms with Crippen LogP contribution in [0.2, 0.25) is 0 Å². The van der Waals surface area contributed by atoms with Crippen molar-refractivity contribution in [1.82, 2.24) is 14.9 Å². The van der Waals surface area contributed by atoms with Crippen LogP contribution in [0.4, 0.5) is 0 Å². The summed E-state index contributed by atoms with van der Waals surface area (Å²) in [6, 6.07) is 7.09. The number of nitrogens with one attached hydrogen (secondary N) is 2. The van der Waals surface area contributed by atoms with E-state index in [1.165, 1.54) is 4.57 Å². The molecule has 1 heterocycles. The van der Waals surface area contributed by atoms with Gasteiger partial charge in [-0.25, -0.2) is 0 Å². The zero-order valence-corrected chi connectivity index (χ0v) is 11.3. The van der Waals surface area contributed by atoms with Crippen LogP contribution >= 0.6 is 0 Å². The summed E-state index contributed by atoms with van der Waals surface area (Å²) in [6.45, 7) is 2.53. The monoisotopic (exact) mass is 275 g/mol. The van der Waals surface area contributed by atoms with Crippen molar-refractivity contribution in [1.29, 1.82) is 0 Å². The summed E-state index contributed by atoms with van der Waals surface area (Å²) in [6.07, 6.45) is 1.24. The van der Waals surface area contributed by atoms with Gasteiger partial charge in [0.05, 0.1) is 11.0 Å². The summed E-state index contributed by atoms with van der Waals surface area (Å²) in [5.74, 6) is -0.0466. The standard InChI is InChI=1S/C14H17N3O3/c1-2-5-12(18)15-8-9-17-11-7-4-3-6-10(11)16-13(19)14(17)20/h3-4,6-7H,2,5,8-9H2,1H3,(H,15,18)(H,16,19). The van der Waals surface area contributed by atoms with Crippen LogP contribution in [0.1, 0.15) is 19.8 Å². The fourth-order valence-corrected chi connectivity index (χ4v) is 2.07. The van der Waals surface area contributed by atoms with E-state index in [1.807, 2.05) is 6.92 Å². The molecule has 1 aromatic heterocycles. The Balaban J connectivity index is 2.25. The van der Waals surface area contributed by atoms with E-state index < -0.39 is 11.1 Å². The Morgan fingerprint density at radius 3 is 2.80 bits per heavy atom. The molecule has 0 saturated carbocycles. The summed E-state index contributed by atoms with van der Waals surface area (Å²) in [5, 5.41) is 2.73. The van der Waals surface area contributed by atoms with Gasteiger partial charge in [-0.15, -0.1) is 0 Å². The summed E-state index contributed by atoms with van der Waals surface area (Å²) in [5.41, 5.74) is 0.0100. The van der Waals surface area contributed by atoms with E-state index in [-0.39, 0.29) is 12.5 Å². The largest absolute Gasteiger partial charge is 0.354 e. The number of aromatic nitrogens is 2. The Labute approximate surface area is 115 Å². The van der Waals surface area contributed by atoms with Crippen LogP contribution in [0.5, 0.6) is 0 Å². The molecule has 106 valence electrons. The number of aromatic amines is 1. The molecule has 1 amide bonds. The lowest BCUT2D eigenvalue weighted by Gasteiger charge is -2.10. The van der Waals surface area contributed by atoms with E-state index in [2.05, 4.69) is 10.3 Å². The van der Waals surface area contributed by atoms with E-state index in [4.69, 9.17) is 0 Å². The molecular weight excluding hydrogens is 258 g/mol. The van der Waals surface area contributed by atoms with E-state index >= 15 is 0 Å². The Morgan fingerprint density at radius 1 is 1.30 bits per heavy atom. The number of carbonyl (C=O) groups excluding carboxylic acids is 1. The second-order valence-corrected chi connectivity index (χ2v) is 4.53. The average molecular weight is 275 g/mol. The number of benzene rings is 1. The number of rotatable bonds is 5. The predicted molar refractivity (Wildman–Crippen MR) is 76.7 cm³/mol. The van der Waals surface area contributed by atoms with Crippen molar-refractivity contribution >= 4 is 16.9 Å². The molecule has 2 N–H and O–H groups in total. The SMILES string of the molecule is CCCC(=O)NCCn1c(=O)c(=O)[nH]c2ccccc21. The molecule has 0 fully saturated rings. The van der Waals surface area contributed by atoms with Crippen LogP contribution in [0, 0.1) is 0 Å². The van der Waals surface area contributed by atoms with Crippen LogP contribution < -0.4 is 16.4 Å². The van der Waals surface area contributed by atoms with Crippen molar-refractivity contribution in [2.75, 3.05) is 6.54 Å². The van der Waals surface area contributed by atoms with Crippen molar-refractivity contribution in [3.8, 4) is 0 Å². The highest BCUT2D eigenvalue weighted by molar-refractivity contribution is 5.76. The van der Waals surface area contributed by atoms with Crippen LogP contribution in [0.15, 0.2) is 33.9 Å². The first-order chi connectivity index (χ1) is 9.63. The fourth-order valence-electron chi connectivity index (χ4n) is 2.07. The first-order valence-corrected chi connectivity index (χ1v) is 6.62. The number of H-pyrrole nitrogens is 1. The quantitative estimate of drug-likeness (QED) is 0.784. The van der Waals surface area contributed by atoms with E-state index in [9.17, 15) is 14.4 Å². The Bertz CT molecular complexity index is 730. The molecule has 0 radical (unpaired) electrons. The third kappa shape index (κ3) is 2.96. The van der Waals surface area contributed by atoms with Gasteiger partial charge in [-0.1, -0.05) is 19.1 Å². The summed E-state index contributed by atoms with van der Waals surface area (Å²) < 4.78 is 1.39. The van der Waals surface area contributed by atoms with Gasteiger partial charge in [0.1, 0.15) is 0 Å². The van der Waals surface area contributed by atoms with Crippen LogP contribution in [0.25, 0.3) is 11.0 Å². The normalized spacial score (nSPS) is 10.7. The summed E-state index contributed by atoms with van der Waals surface area (Å²) in [4.78, 5) is 37.4. The maximum absolute atomic E-state index is 11.9. The third-order valence-corrected chi connectivity index (χ3v) is 3.02. The molecule has 0 bridgehead atoms. The molecule has 0 aliphatic carbocycles. The highest BCUT2D eigenvalue weighted by Crippen LogP contribution is 2.06. The highest BCUT2D eigenvalue weighted by atomic mass is 16.2. The Morgan fingerprint density at radius 2 is 2.05 bits per heavy atom. The van der Waals surface area contributed by atoms with Gasteiger partial charge in [0.25, 0.3) is 0 Å². The van der Waals surface area contributed by atoms with Gasteiger partial charge in [-0.2, -0.15) is 0 Å². The molecule has 20 heavy (non-hydrogen) atoms. The van der Waals surface area contributed by atoms with Crippen molar-refractivity contribution in [3.63, 3.8) is 0 Å². The lowest BCUT2D eigenvalue weighted by Crippen LogP contribution is -2.39. The van der Waals surface area contributed by atoms with Crippen molar-refractivity contribution in [2.24, 2.45) is 0 Å². The lowest BCUT2D eigenvalue weighted by molar-refractivity contribution is -0.121. The van der Waals surface area contributed by atoms with Gasteiger partial charge in [-0.3, -0.25) is 14.4 Å². The fraction of sp³-hybridized carbons (Fsp3) is 0.357. The van der Waals surface area contributed by atoms with Crippen LogP contribution in [-0.2, 0) is 11.3 Å². The minimum atomic E-state index is -0.649. The van der Waals surface area contributed by atoms with Gasteiger partial charge in [0.2, 0.25) is 5.91 Å². The molecule has 2 aromatic rings. The number of para-hydroxylation sites is 2. The minimum Gasteiger partial charge on any atom is -0.354 e. The zero-order chi connectivity index (χ0) is 14.5. The number of nitrogens with zero attached hydrogens (tertiary/aromatic N) is 1. The average Bonchev–Trinajstić information content (AvgIpc) is 2.43. The Hall–Kier alpha value is -2.37. The molecular formula is C14H17N3O3. The number of amides is 1. The maximum Gasteiger partial charge on any atom is 0.316 e. The lowest BCUT2D eigenvalue weighted by atomic mass is 10.3. The number of carbonyl (C=O) groups is 1. The van der Waals surface area contributed by atoms with Crippen LogP contribution in [0.3, 0.4) is 0 Å². The summed E-state index contributed by atoms with van der Waals surface area (Å²) >= 11 is 0. The molecule has 0 saturated heterocycles. The first-order valence-electron chi connectivity index (χ1n) is 6.62. The van der Waals surface area contributed by atoms with Gasteiger partial charge in [-0.05, 0) is 18.6 Å². The van der Waals surface area contributed by atoms with Crippen molar-refractivity contribution < 1.29 is 4.79 Å². The zero-order valence-electron chi connectivity index (χ0n) is 11.3. The first kappa shape index (κ1) is 14.0. The second kappa shape index (κ2) is 6.18. The predicted octanol–water partition coefficient (Wildman–Crippen LogP) is 0.606. The topological polar surface area (TPSA) is 84.0 Å². The van der Waals surface area contributed by atoms with Gasteiger partial charge >= 0.3 is 11.1 Å². The maximum atomic E-state index is 11.9. The molecule has 0 atom stereocenters. The Kier molecular flexibility index (Phi) is 4.34. The van der Waals surface area contributed by atoms with Gasteiger partial charge < -0.3 is 14.9 Å².